The normalized spacial score (nSPS) is 13.1. The van der Waals surface area contributed by atoms with E-state index >= 15 is 0 Å². The average Bonchev–Trinajstić information content (AvgIpc) is 3.45. The van der Waals surface area contributed by atoms with Crippen LogP contribution in [0.5, 0.6) is 0 Å². The molecule has 0 saturated carbocycles. The quantitative estimate of drug-likeness (QED) is 0.178. The first-order valence-electron chi connectivity index (χ1n) is 17.6. The lowest BCUT2D eigenvalue weighted by Gasteiger charge is -2.44. The number of benzene rings is 7. The number of fused-ring (bicyclic) bond motifs is 7. The van der Waals surface area contributed by atoms with Crippen molar-refractivity contribution >= 4 is 79.0 Å². The third kappa shape index (κ3) is 4.18. The minimum atomic E-state index is 0.0910. The van der Waals surface area contributed by atoms with E-state index in [1.807, 2.05) is 0 Å². The summed E-state index contributed by atoms with van der Waals surface area (Å²) < 4.78 is 2.46. The zero-order valence-electron chi connectivity index (χ0n) is 28.8. The van der Waals surface area contributed by atoms with Crippen LogP contribution in [0.4, 0.5) is 34.1 Å². The van der Waals surface area contributed by atoms with Crippen LogP contribution in [0.15, 0.2) is 146 Å². The Bertz CT molecular complexity index is 2590. The smallest absolute Gasteiger partial charge is 0.252 e. The highest BCUT2D eigenvalue weighted by Gasteiger charge is 2.43. The molecule has 0 atom stereocenters. The van der Waals surface area contributed by atoms with Crippen molar-refractivity contribution in [1.29, 1.82) is 0 Å². The van der Waals surface area contributed by atoms with Gasteiger partial charge < -0.3 is 14.4 Å². The number of nitrogens with zero attached hydrogens (tertiary/aromatic N) is 3. The molecule has 2 aliphatic rings. The Morgan fingerprint density at radius 2 is 0.860 bits per heavy atom. The van der Waals surface area contributed by atoms with Gasteiger partial charge in [0.15, 0.2) is 0 Å². The Morgan fingerprint density at radius 3 is 1.46 bits per heavy atom. The maximum absolute atomic E-state index is 2.50. The van der Waals surface area contributed by atoms with E-state index in [0.717, 1.165) is 5.69 Å². The molecule has 0 amide bonds. The van der Waals surface area contributed by atoms with Crippen molar-refractivity contribution in [2.45, 2.75) is 27.7 Å². The first-order valence-corrected chi connectivity index (χ1v) is 17.6. The summed E-state index contributed by atoms with van der Waals surface area (Å²) >= 11 is 0. The minimum Gasteiger partial charge on any atom is -0.311 e. The van der Waals surface area contributed by atoms with E-state index in [0.29, 0.717) is 0 Å². The fourth-order valence-electron chi connectivity index (χ4n) is 8.48. The molecule has 238 valence electrons. The maximum atomic E-state index is 2.50. The van der Waals surface area contributed by atoms with Crippen molar-refractivity contribution in [2.24, 2.45) is 0 Å². The van der Waals surface area contributed by atoms with Gasteiger partial charge in [-0.2, -0.15) is 0 Å². The SMILES string of the molecule is Cc1ccc(N2c3ccccc3B3c4ccc(-n5c6ccc(C)cc6c6cc(C)ccc65)cc4N(c4ccc(C)cc4)c4cccc2c43)cc1. The lowest BCUT2D eigenvalue weighted by atomic mass is 9.33. The van der Waals surface area contributed by atoms with Crippen molar-refractivity contribution in [2.75, 3.05) is 9.80 Å². The Labute approximate surface area is 293 Å². The summed E-state index contributed by atoms with van der Waals surface area (Å²) in [5, 5.41) is 2.59. The topological polar surface area (TPSA) is 11.4 Å². The predicted molar refractivity (Wildman–Crippen MR) is 214 cm³/mol. The minimum absolute atomic E-state index is 0.0910. The summed E-state index contributed by atoms with van der Waals surface area (Å²) in [6.07, 6.45) is 0. The van der Waals surface area contributed by atoms with E-state index in [9.17, 15) is 0 Å². The molecule has 0 N–H and O–H groups in total. The monoisotopic (exact) mass is 641 g/mol. The molecule has 3 nitrogen and oxygen atoms in total. The molecule has 3 heterocycles. The lowest BCUT2D eigenvalue weighted by molar-refractivity contribution is 1.17. The molecule has 10 rings (SSSR count). The first kappa shape index (κ1) is 29.0. The zero-order valence-corrected chi connectivity index (χ0v) is 28.8. The van der Waals surface area contributed by atoms with Gasteiger partial charge in [0.2, 0.25) is 0 Å². The predicted octanol–water partition coefficient (Wildman–Crippen LogP) is 10.1. The van der Waals surface area contributed by atoms with E-state index in [-0.39, 0.29) is 6.71 Å². The van der Waals surface area contributed by atoms with Gasteiger partial charge in [-0.3, -0.25) is 0 Å². The van der Waals surface area contributed by atoms with Crippen molar-refractivity contribution in [1.82, 2.24) is 4.57 Å². The van der Waals surface area contributed by atoms with Gasteiger partial charge in [-0.15, -0.1) is 0 Å². The molecule has 0 unspecified atom stereocenters. The van der Waals surface area contributed by atoms with Crippen LogP contribution in [0.2, 0.25) is 0 Å². The fraction of sp³-hybridized carbons (Fsp3) is 0.0870. The van der Waals surface area contributed by atoms with Crippen molar-refractivity contribution in [3.63, 3.8) is 0 Å². The summed E-state index contributed by atoms with van der Waals surface area (Å²) in [5.41, 5.74) is 19.9. The second kappa shape index (κ2) is 10.8. The number of para-hydroxylation sites is 1. The molecule has 2 aliphatic heterocycles. The average molecular weight is 642 g/mol. The van der Waals surface area contributed by atoms with Gasteiger partial charge in [-0.05, 0) is 123 Å². The molecule has 1 aromatic heterocycles. The van der Waals surface area contributed by atoms with Crippen LogP contribution in [0.1, 0.15) is 22.3 Å². The molecule has 8 aromatic rings. The number of aryl methyl sites for hydroxylation is 4. The number of hydrogen-bond donors (Lipinski definition) is 0. The third-order valence-corrected chi connectivity index (χ3v) is 10.8. The summed E-state index contributed by atoms with van der Waals surface area (Å²) in [6.45, 7) is 8.78. The Hall–Kier alpha value is -6.00. The molecular weight excluding hydrogens is 605 g/mol. The van der Waals surface area contributed by atoms with Crippen molar-refractivity contribution in [3.05, 3.63) is 168 Å². The molecule has 7 aromatic carbocycles. The molecule has 0 fully saturated rings. The summed E-state index contributed by atoms with van der Waals surface area (Å²) in [6, 6.07) is 54.6. The van der Waals surface area contributed by atoms with Gasteiger partial charge in [-0.1, -0.05) is 89.0 Å². The third-order valence-electron chi connectivity index (χ3n) is 10.8. The molecule has 0 bridgehead atoms. The van der Waals surface area contributed by atoms with Gasteiger partial charge in [-0.25, -0.2) is 0 Å². The zero-order chi connectivity index (χ0) is 33.7. The lowest BCUT2D eigenvalue weighted by Crippen LogP contribution is -2.61. The van der Waals surface area contributed by atoms with E-state index < -0.39 is 0 Å². The fourth-order valence-corrected chi connectivity index (χ4v) is 8.48. The van der Waals surface area contributed by atoms with Crippen LogP contribution in [0, 0.1) is 27.7 Å². The molecular formula is C46H36BN3. The number of aromatic nitrogens is 1. The van der Waals surface area contributed by atoms with E-state index in [1.165, 1.54) is 94.6 Å². The molecule has 50 heavy (non-hydrogen) atoms. The van der Waals surface area contributed by atoms with E-state index in [4.69, 9.17) is 0 Å². The summed E-state index contributed by atoms with van der Waals surface area (Å²) in [7, 11) is 0. The highest BCUT2D eigenvalue weighted by Crippen LogP contribution is 2.44. The van der Waals surface area contributed by atoms with Gasteiger partial charge in [0.05, 0.1) is 11.0 Å². The standard InChI is InChI=1S/C46H36BN3/c1-29-12-18-33(19-13-29)48-42-9-6-5-8-38(42)47-39-23-22-35(50-40-24-16-31(3)26-36(40)37-27-32(4)17-25-41(37)50)28-45(39)49(34-20-14-30(2)15-21-34)44-11-7-10-43(48)46(44)47/h5-28H,1-4H3. The van der Waals surface area contributed by atoms with Crippen molar-refractivity contribution < 1.29 is 0 Å². The number of rotatable bonds is 3. The van der Waals surface area contributed by atoms with Gasteiger partial charge in [0, 0.05) is 50.6 Å². The molecule has 0 saturated heterocycles. The molecule has 0 radical (unpaired) electrons. The molecule has 4 heteroatoms. The van der Waals surface area contributed by atoms with E-state index in [2.05, 4.69) is 188 Å². The maximum Gasteiger partial charge on any atom is 0.252 e. The Kier molecular flexibility index (Phi) is 6.23. The van der Waals surface area contributed by atoms with Gasteiger partial charge >= 0.3 is 0 Å². The van der Waals surface area contributed by atoms with Crippen LogP contribution in [-0.4, -0.2) is 11.3 Å². The van der Waals surface area contributed by atoms with Crippen LogP contribution in [0.25, 0.3) is 27.5 Å². The largest absolute Gasteiger partial charge is 0.311 e. The number of anilines is 6. The van der Waals surface area contributed by atoms with E-state index in [1.54, 1.807) is 0 Å². The molecule has 0 aliphatic carbocycles. The highest BCUT2D eigenvalue weighted by atomic mass is 15.2. The summed E-state index contributed by atoms with van der Waals surface area (Å²) in [4.78, 5) is 4.95. The van der Waals surface area contributed by atoms with Crippen LogP contribution in [-0.2, 0) is 0 Å². The first-order chi connectivity index (χ1) is 24.4. The van der Waals surface area contributed by atoms with Gasteiger partial charge in [0.1, 0.15) is 0 Å². The summed E-state index contributed by atoms with van der Waals surface area (Å²) in [5.74, 6) is 0. The Morgan fingerprint density at radius 1 is 0.380 bits per heavy atom. The number of hydrogen-bond acceptors (Lipinski definition) is 2. The Balaban J connectivity index is 1.27. The van der Waals surface area contributed by atoms with Gasteiger partial charge in [0.25, 0.3) is 6.71 Å². The van der Waals surface area contributed by atoms with Crippen LogP contribution >= 0.6 is 0 Å². The van der Waals surface area contributed by atoms with Crippen LogP contribution in [0.3, 0.4) is 0 Å². The second-order valence-electron chi connectivity index (χ2n) is 14.2. The second-order valence-corrected chi connectivity index (χ2v) is 14.2. The molecule has 0 spiro atoms. The highest BCUT2D eigenvalue weighted by molar-refractivity contribution is 7.00. The van der Waals surface area contributed by atoms with Crippen molar-refractivity contribution in [3.8, 4) is 5.69 Å². The van der Waals surface area contributed by atoms with Crippen LogP contribution < -0.4 is 26.2 Å².